The molecular formula is C20H28N2O4. The molecule has 0 saturated carbocycles. The van der Waals surface area contributed by atoms with Crippen LogP contribution in [0.1, 0.15) is 22.6 Å². The van der Waals surface area contributed by atoms with Gasteiger partial charge in [-0.1, -0.05) is 11.2 Å². The molecule has 6 heteroatoms. The van der Waals surface area contributed by atoms with Crippen LogP contribution in [-0.2, 0) is 29.0 Å². The van der Waals surface area contributed by atoms with Crippen molar-refractivity contribution in [2.75, 3.05) is 34.4 Å². The van der Waals surface area contributed by atoms with Crippen molar-refractivity contribution in [3.63, 3.8) is 0 Å². The van der Waals surface area contributed by atoms with Crippen molar-refractivity contribution in [2.24, 2.45) is 5.92 Å². The molecule has 0 bridgehead atoms. The van der Waals surface area contributed by atoms with Crippen LogP contribution in [0.2, 0.25) is 0 Å². The average Bonchev–Trinajstić information content (AvgIpc) is 3.21. The topological polar surface area (TPSA) is 57.0 Å². The lowest BCUT2D eigenvalue weighted by Crippen LogP contribution is -2.23. The van der Waals surface area contributed by atoms with E-state index in [-0.39, 0.29) is 6.10 Å². The summed E-state index contributed by atoms with van der Waals surface area (Å²) in [6.07, 6.45) is 1.06. The summed E-state index contributed by atoms with van der Waals surface area (Å²) in [5, 5.41) is 3.99. The standard InChI is InChI=1S/C20H28N2O4/c1-14-7-18(26-21-14)9-16-11-22(12-20(16)25-4)10-15-5-6-19(24-3)17(8-15)13-23-2/h5-8,16,20H,9-13H2,1-4H3/t16-,20+/m1/s1. The zero-order chi connectivity index (χ0) is 18.5. The molecule has 26 heavy (non-hydrogen) atoms. The maximum Gasteiger partial charge on any atom is 0.137 e. The Hall–Kier alpha value is -1.89. The fourth-order valence-corrected chi connectivity index (χ4v) is 3.75. The van der Waals surface area contributed by atoms with E-state index in [1.165, 1.54) is 5.56 Å². The Morgan fingerprint density at radius 2 is 2.04 bits per heavy atom. The summed E-state index contributed by atoms with van der Waals surface area (Å²) in [5.41, 5.74) is 3.25. The van der Waals surface area contributed by atoms with Gasteiger partial charge in [0, 0.05) is 57.8 Å². The number of rotatable bonds is 8. The molecule has 6 nitrogen and oxygen atoms in total. The first-order valence-electron chi connectivity index (χ1n) is 8.95. The summed E-state index contributed by atoms with van der Waals surface area (Å²) in [4.78, 5) is 2.43. The number of benzene rings is 1. The van der Waals surface area contributed by atoms with Crippen molar-refractivity contribution >= 4 is 0 Å². The number of ether oxygens (including phenoxy) is 3. The molecule has 0 spiro atoms. The predicted molar refractivity (Wildman–Crippen MR) is 98.2 cm³/mol. The molecule has 1 aromatic heterocycles. The van der Waals surface area contributed by atoms with E-state index in [0.717, 1.165) is 48.8 Å². The van der Waals surface area contributed by atoms with Crippen molar-refractivity contribution < 1.29 is 18.7 Å². The highest BCUT2D eigenvalue weighted by Gasteiger charge is 2.33. The molecule has 0 aliphatic carbocycles. The molecule has 0 unspecified atom stereocenters. The molecule has 2 aromatic rings. The van der Waals surface area contributed by atoms with Crippen molar-refractivity contribution in [2.45, 2.75) is 32.6 Å². The lowest BCUT2D eigenvalue weighted by Gasteiger charge is -2.17. The Kier molecular flexibility index (Phi) is 6.29. The summed E-state index contributed by atoms with van der Waals surface area (Å²) in [5.74, 6) is 2.21. The first kappa shape index (κ1) is 18.9. The summed E-state index contributed by atoms with van der Waals surface area (Å²) >= 11 is 0. The van der Waals surface area contributed by atoms with Crippen LogP contribution in [0.4, 0.5) is 0 Å². The Balaban J connectivity index is 1.66. The lowest BCUT2D eigenvalue weighted by molar-refractivity contribution is 0.0761. The number of methoxy groups -OCH3 is 3. The summed E-state index contributed by atoms with van der Waals surface area (Å²) in [6.45, 7) is 5.27. The fourth-order valence-electron chi connectivity index (χ4n) is 3.75. The van der Waals surface area contributed by atoms with E-state index >= 15 is 0 Å². The Labute approximate surface area is 155 Å². The monoisotopic (exact) mass is 360 g/mol. The second-order valence-corrected chi connectivity index (χ2v) is 6.95. The van der Waals surface area contributed by atoms with E-state index in [1.54, 1.807) is 21.3 Å². The zero-order valence-electron chi connectivity index (χ0n) is 16.0. The third-order valence-electron chi connectivity index (χ3n) is 4.95. The molecule has 0 amide bonds. The smallest absolute Gasteiger partial charge is 0.137 e. The van der Waals surface area contributed by atoms with Gasteiger partial charge in [0.15, 0.2) is 0 Å². The molecule has 1 aliphatic rings. The van der Waals surface area contributed by atoms with E-state index in [2.05, 4.69) is 22.2 Å². The van der Waals surface area contributed by atoms with E-state index in [0.29, 0.717) is 12.5 Å². The van der Waals surface area contributed by atoms with Gasteiger partial charge >= 0.3 is 0 Å². The van der Waals surface area contributed by atoms with Crippen molar-refractivity contribution in [3.05, 3.63) is 46.8 Å². The second-order valence-electron chi connectivity index (χ2n) is 6.95. The van der Waals surface area contributed by atoms with Crippen molar-refractivity contribution in [1.82, 2.24) is 10.1 Å². The first-order valence-corrected chi connectivity index (χ1v) is 8.95. The molecule has 3 rings (SSSR count). The highest BCUT2D eigenvalue weighted by atomic mass is 16.5. The Morgan fingerprint density at radius 3 is 2.69 bits per heavy atom. The van der Waals surface area contributed by atoms with Crippen molar-refractivity contribution in [3.8, 4) is 5.75 Å². The number of nitrogens with zero attached hydrogens (tertiary/aromatic N) is 2. The molecular weight excluding hydrogens is 332 g/mol. The lowest BCUT2D eigenvalue weighted by atomic mass is 10.0. The van der Waals surface area contributed by atoms with E-state index in [9.17, 15) is 0 Å². The number of aryl methyl sites for hydroxylation is 1. The van der Waals surface area contributed by atoms with Gasteiger partial charge in [-0.05, 0) is 24.6 Å². The maximum absolute atomic E-state index is 5.73. The van der Waals surface area contributed by atoms with E-state index < -0.39 is 0 Å². The van der Waals surface area contributed by atoms with Gasteiger partial charge in [0.25, 0.3) is 0 Å². The average molecular weight is 360 g/mol. The van der Waals surface area contributed by atoms with Crippen LogP contribution in [0, 0.1) is 12.8 Å². The highest BCUT2D eigenvalue weighted by Crippen LogP contribution is 2.27. The third kappa shape index (κ3) is 4.44. The SMILES string of the molecule is COCc1cc(CN2C[C@@H](Cc3cc(C)no3)[C@@H](OC)C2)ccc1OC. The normalized spacial score (nSPS) is 20.6. The minimum absolute atomic E-state index is 0.206. The third-order valence-corrected chi connectivity index (χ3v) is 4.95. The van der Waals surface area contributed by atoms with Crippen LogP contribution >= 0.6 is 0 Å². The minimum Gasteiger partial charge on any atom is -0.496 e. The Morgan fingerprint density at radius 1 is 1.19 bits per heavy atom. The van der Waals surface area contributed by atoms with Crippen LogP contribution in [-0.4, -0.2) is 50.6 Å². The number of likely N-dealkylation sites (tertiary alicyclic amines) is 1. The van der Waals surface area contributed by atoms with E-state index in [4.69, 9.17) is 18.7 Å². The minimum atomic E-state index is 0.206. The molecule has 1 aromatic carbocycles. The summed E-state index contributed by atoms with van der Waals surface area (Å²) in [6, 6.07) is 8.31. The van der Waals surface area contributed by atoms with Crippen LogP contribution in [0.5, 0.6) is 5.75 Å². The van der Waals surface area contributed by atoms with Crippen LogP contribution < -0.4 is 4.74 Å². The molecule has 1 saturated heterocycles. The Bertz CT molecular complexity index is 716. The number of aromatic nitrogens is 1. The molecule has 1 fully saturated rings. The van der Waals surface area contributed by atoms with E-state index in [1.807, 2.05) is 19.1 Å². The highest BCUT2D eigenvalue weighted by molar-refractivity contribution is 5.37. The van der Waals surface area contributed by atoms with Crippen molar-refractivity contribution in [1.29, 1.82) is 0 Å². The molecule has 142 valence electrons. The quantitative estimate of drug-likeness (QED) is 0.722. The maximum atomic E-state index is 5.73. The summed E-state index contributed by atoms with van der Waals surface area (Å²) in [7, 11) is 5.18. The molecule has 2 atom stereocenters. The van der Waals surface area contributed by atoms with Crippen LogP contribution in [0.15, 0.2) is 28.8 Å². The molecule has 0 radical (unpaired) electrons. The van der Waals surface area contributed by atoms with Gasteiger partial charge in [0.1, 0.15) is 11.5 Å². The van der Waals surface area contributed by atoms with Gasteiger partial charge in [0.2, 0.25) is 0 Å². The predicted octanol–water partition coefficient (Wildman–Crippen LogP) is 2.83. The number of hydrogen-bond donors (Lipinski definition) is 0. The molecule has 1 aliphatic heterocycles. The van der Waals surface area contributed by atoms with Gasteiger partial charge < -0.3 is 18.7 Å². The van der Waals surface area contributed by atoms with Crippen LogP contribution in [0.3, 0.4) is 0 Å². The molecule has 2 heterocycles. The van der Waals surface area contributed by atoms with Gasteiger partial charge in [-0.2, -0.15) is 0 Å². The van der Waals surface area contributed by atoms with Gasteiger partial charge in [-0.3, -0.25) is 4.90 Å². The first-order chi connectivity index (χ1) is 12.6. The largest absolute Gasteiger partial charge is 0.496 e. The number of hydrogen-bond acceptors (Lipinski definition) is 6. The van der Waals surface area contributed by atoms with Gasteiger partial charge in [0.05, 0.1) is 25.5 Å². The molecule has 0 N–H and O–H groups in total. The van der Waals surface area contributed by atoms with Gasteiger partial charge in [-0.25, -0.2) is 0 Å². The van der Waals surface area contributed by atoms with Crippen LogP contribution in [0.25, 0.3) is 0 Å². The summed E-state index contributed by atoms with van der Waals surface area (Å²) < 4.78 is 21.8. The zero-order valence-corrected chi connectivity index (χ0v) is 16.0. The van der Waals surface area contributed by atoms with Gasteiger partial charge in [-0.15, -0.1) is 0 Å². The second kappa shape index (κ2) is 8.66. The fraction of sp³-hybridized carbons (Fsp3) is 0.550.